The van der Waals surface area contributed by atoms with Gasteiger partial charge in [-0.2, -0.15) is 0 Å². The molecule has 0 radical (unpaired) electrons. The first-order chi connectivity index (χ1) is 14.0. The Kier molecular flexibility index (Phi) is 8.69. The van der Waals surface area contributed by atoms with Crippen molar-refractivity contribution in [2.24, 2.45) is 0 Å². The molecule has 0 bridgehead atoms. The van der Waals surface area contributed by atoms with Crippen molar-refractivity contribution >= 4 is 17.9 Å². The maximum atomic E-state index is 12.4. The number of amides is 3. The van der Waals surface area contributed by atoms with Crippen LogP contribution in [0.5, 0.6) is 0 Å². The molecule has 0 aromatic heterocycles. The minimum absolute atomic E-state index is 0.0486. The van der Waals surface area contributed by atoms with Gasteiger partial charge in [-0.3, -0.25) is 9.59 Å². The van der Waals surface area contributed by atoms with Crippen LogP contribution in [0.15, 0.2) is 60.7 Å². The van der Waals surface area contributed by atoms with E-state index in [9.17, 15) is 14.4 Å². The van der Waals surface area contributed by atoms with E-state index in [0.717, 1.165) is 11.1 Å². The van der Waals surface area contributed by atoms with Gasteiger partial charge in [0.05, 0.1) is 0 Å². The topological polar surface area (TPSA) is 90.0 Å². The van der Waals surface area contributed by atoms with Gasteiger partial charge in [-0.25, -0.2) is 4.79 Å². The van der Waals surface area contributed by atoms with Crippen LogP contribution in [0.3, 0.4) is 0 Å². The number of hydrogen-bond acceptors (Lipinski definition) is 3. The molecule has 0 fully saturated rings. The van der Waals surface area contributed by atoms with Gasteiger partial charge >= 0.3 is 12.0 Å². The molecule has 7 heteroatoms. The molecule has 0 aliphatic heterocycles. The summed E-state index contributed by atoms with van der Waals surface area (Å²) in [6.07, 6.45) is 0.624. The average molecular weight is 397 g/mol. The number of nitrogens with zero attached hydrogens (tertiary/aromatic N) is 2. The Labute approximate surface area is 170 Å². The van der Waals surface area contributed by atoms with Gasteiger partial charge in [0, 0.05) is 33.1 Å². The Balaban J connectivity index is 1.79. The van der Waals surface area contributed by atoms with Gasteiger partial charge in [0.25, 0.3) is 0 Å². The van der Waals surface area contributed by atoms with Crippen molar-refractivity contribution in [2.75, 3.05) is 26.7 Å². The molecule has 0 heterocycles. The zero-order valence-electron chi connectivity index (χ0n) is 16.6. The molecule has 0 unspecified atom stereocenters. The molecule has 0 spiro atoms. The summed E-state index contributed by atoms with van der Waals surface area (Å²) in [5.41, 5.74) is 2.04. The highest BCUT2D eigenvalue weighted by Gasteiger charge is 2.17. The summed E-state index contributed by atoms with van der Waals surface area (Å²) in [5, 5.41) is 11.8. The van der Waals surface area contributed by atoms with Crippen LogP contribution >= 0.6 is 0 Å². The molecule has 0 saturated carbocycles. The van der Waals surface area contributed by atoms with Crippen LogP contribution in [0.25, 0.3) is 0 Å². The molecule has 3 amide bonds. The molecule has 2 aromatic carbocycles. The zero-order chi connectivity index (χ0) is 21.1. The molecule has 2 N–H and O–H groups in total. The molecular weight excluding hydrogens is 370 g/mol. The molecule has 2 rings (SSSR count). The Morgan fingerprint density at radius 2 is 1.52 bits per heavy atom. The third-order valence-electron chi connectivity index (χ3n) is 4.42. The number of carboxylic acid groups (broad SMARTS) is 1. The summed E-state index contributed by atoms with van der Waals surface area (Å²) in [5.74, 6) is -1.35. The Morgan fingerprint density at radius 1 is 0.931 bits per heavy atom. The molecule has 29 heavy (non-hydrogen) atoms. The predicted octanol–water partition coefficient (Wildman–Crippen LogP) is 2.37. The van der Waals surface area contributed by atoms with E-state index in [1.807, 2.05) is 60.7 Å². The van der Waals surface area contributed by atoms with Crippen molar-refractivity contribution in [1.82, 2.24) is 15.1 Å². The number of carbonyl (C=O) groups is 3. The standard InChI is InChI=1S/C22H27N3O4/c1-24(16-19-10-6-3-7-11-19)22(29)23-14-12-20(26)25(17-21(27)28)15-13-18-8-4-2-5-9-18/h2-11H,12-17H2,1H3,(H,23,29)(H,27,28). The van der Waals surface area contributed by atoms with Crippen LogP contribution in [-0.2, 0) is 22.6 Å². The highest BCUT2D eigenvalue weighted by Crippen LogP contribution is 2.04. The minimum Gasteiger partial charge on any atom is -0.480 e. The molecular formula is C22H27N3O4. The third kappa shape index (κ3) is 8.04. The molecule has 7 nitrogen and oxygen atoms in total. The van der Waals surface area contributed by atoms with E-state index >= 15 is 0 Å². The minimum atomic E-state index is -1.06. The van der Waals surface area contributed by atoms with Crippen LogP contribution in [0.1, 0.15) is 17.5 Å². The number of nitrogens with one attached hydrogen (secondary N) is 1. The zero-order valence-corrected chi connectivity index (χ0v) is 16.6. The molecule has 2 aromatic rings. The largest absolute Gasteiger partial charge is 0.480 e. The second-order valence-corrected chi connectivity index (χ2v) is 6.77. The van der Waals surface area contributed by atoms with E-state index in [-0.39, 0.29) is 31.4 Å². The van der Waals surface area contributed by atoms with Crippen molar-refractivity contribution in [2.45, 2.75) is 19.4 Å². The number of urea groups is 1. The number of rotatable bonds is 10. The van der Waals surface area contributed by atoms with Crippen LogP contribution in [0.4, 0.5) is 4.79 Å². The first kappa shape index (κ1) is 21.9. The lowest BCUT2D eigenvalue weighted by Gasteiger charge is -2.22. The molecule has 154 valence electrons. The summed E-state index contributed by atoms with van der Waals surface area (Å²) in [4.78, 5) is 38.6. The summed E-state index contributed by atoms with van der Waals surface area (Å²) in [6, 6.07) is 18.9. The lowest BCUT2D eigenvalue weighted by molar-refractivity contribution is -0.144. The maximum absolute atomic E-state index is 12.4. The summed E-state index contributed by atoms with van der Waals surface area (Å²) < 4.78 is 0. The lowest BCUT2D eigenvalue weighted by Crippen LogP contribution is -2.41. The van der Waals surface area contributed by atoms with E-state index in [2.05, 4.69) is 5.32 Å². The molecule has 0 aliphatic rings. The molecule has 0 atom stereocenters. The number of hydrogen-bond donors (Lipinski definition) is 2. The van der Waals surface area contributed by atoms with Gasteiger partial charge in [0.2, 0.25) is 5.91 Å². The summed E-state index contributed by atoms with van der Waals surface area (Å²) >= 11 is 0. The molecule has 0 saturated heterocycles. The Bertz CT molecular complexity index is 796. The number of carbonyl (C=O) groups excluding carboxylic acids is 2. The van der Waals surface area contributed by atoms with Crippen LogP contribution < -0.4 is 5.32 Å². The highest BCUT2D eigenvalue weighted by molar-refractivity contribution is 5.82. The van der Waals surface area contributed by atoms with Crippen molar-refractivity contribution in [3.63, 3.8) is 0 Å². The number of benzene rings is 2. The quantitative estimate of drug-likeness (QED) is 0.644. The predicted molar refractivity (Wildman–Crippen MR) is 110 cm³/mol. The smallest absolute Gasteiger partial charge is 0.323 e. The molecule has 0 aliphatic carbocycles. The fourth-order valence-corrected chi connectivity index (χ4v) is 2.86. The van der Waals surface area contributed by atoms with Gasteiger partial charge in [-0.1, -0.05) is 60.7 Å². The van der Waals surface area contributed by atoms with Crippen LogP contribution in [0.2, 0.25) is 0 Å². The Morgan fingerprint density at radius 3 is 2.10 bits per heavy atom. The van der Waals surface area contributed by atoms with Crippen molar-refractivity contribution < 1.29 is 19.5 Å². The van der Waals surface area contributed by atoms with E-state index in [1.54, 1.807) is 7.05 Å². The SMILES string of the molecule is CN(Cc1ccccc1)C(=O)NCCC(=O)N(CCc1ccccc1)CC(=O)O. The normalized spacial score (nSPS) is 10.2. The Hall–Kier alpha value is -3.35. The van der Waals surface area contributed by atoms with Crippen molar-refractivity contribution in [1.29, 1.82) is 0 Å². The fourth-order valence-electron chi connectivity index (χ4n) is 2.86. The first-order valence-electron chi connectivity index (χ1n) is 9.52. The highest BCUT2D eigenvalue weighted by atomic mass is 16.4. The fraction of sp³-hybridized carbons (Fsp3) is 0.318. The summed E-state index contributed by atoms with van der Waals surface area (Å²) in [7, 11) is 1.68. The summed E-state index contributed by atoms with van der Waals surface area (Å²) in [6.45, 7) is 0.575. The monoisotopic (exact) mass is 397 g/mol. The van der Waals surface area contributed by atoms with Crippen molar-refractivity contribution in [3.05, 3.63) is 71.8 Å². The van der Waals surface area contributed by atoms with E-state index in [4.69, 9.17) is 5.11 Å². The van der Waals surface area contributed by atoms with Crippen LogP contribution in [-0.4, -0.2) is 59.5 Å². The third-order valence-corrected chi connectivity index (χ3v) is 4.42. The van der Waals surface area contributed by atoms with Crippen molar-refractivity contribution in [3.8, 4) is 0 Å². The number of aliphatic carboxylic acids is 1. The second kappa shape index (κ2) is 11.5. The van der Waals surface area contributed by atoms with Gasteiger partial charge in [0.1, 0.15) is 6.54 Å². The van der Waals surface area contributed by atoms with Gasteiger partial charge in [-0.15, -0.1) is 0 Å². The van der Waals surface area contributed by atoms with E-state index in [1.165, 1.54) is 9.80 Å². The number of carboxylic acids is 1. The van der Waals surface area contributed by atoms with Gasteiger partial charge in [0.15, 0.2) is 0 Å². The first-order valence-corrected chi connectivity index (χ1v) is 9.52. The van der Waals surface area contributed by atoms with E-state index in [0.29, 0.717) is 19.5 Å². The van der Waals surface area contributed by atoms with E-state index < -0.39 is 5.97 Å². The second-order valence-electron chi connectivity index (χ2n) is 6.77. The maximum Gasteiger partial charge on any atom is 0.323 e. The lowest BCUT2D eigenvalue weighted by atomic mass is 10.1. The van der Waals surface area contributed by atoms with Gasteiger partial charge < -0.3 is 20.2 Å². The van der Waals surface area contributed by atoms with Gasteiger partial charge in [-0.05, 0) is 17.5 Å². The average Bonchev–Trinajstić information content (AvgIpc) is 2.72. The van der Waals surface area contributed by atoms with Crippen LogP contribution in [0, 0.1) is 0 Å².